The van der Waals surface area contributed by atoms with Crippen molar-refractivity contribution >= 4 is 0 Å². The van der Waals surface area contributed by atoms with Crippen LogP contribution in [0.5, 0.6) is 0 Å². The second-order valence-electron chi connectivity index (χ2n) is 1.52. The predicted octanol–water partition coefficient (Wildman–Crippen LogP) is 0.730. The molecule has 8 heavy (non-hydrogen) atoms. The van der Waals surface area contributed by atoms with Gasteiger partial charge in [0.2, 0.25) is 0 Å². The number of terminal acetylenes is 1. The van der Waals surface area contributed by atoms with E-state index in [4.69, 9.17) is 11.5 Å². The number of rotatable bonds is 3. The van der Waals surface area contributed by atoms with Crippen molar-refractivity contribution in [3.05, 3.63) is 0 Å². The van der Waals surface area contributed by atoms with E-state index in [1.54, 1.807) is 0 Å². The van der Waals surface area contributed by atoms with Gasteiger partial charge in [-0.3, -0.25) is 0 Å². The van der Waals surface area contributed by atoms with Gasteiger partial charge >= 0.3 is 0 Å². The Bertz CT molecular complexity index is 85.0. The molecule has 46 valence electrons. The molecule has 0 heterocycles. The summed E-state index contributed by atoms with van der Waals surface area (Å²) in [6.45, 7) is -0.415. The summed E-state index contributed by atoms with van der Waals surface area (Å²) in [5.74, 6) is 2.28. The first kappa shape index (κ1) is 7.45. The van der Waals surface area contributed by atoms with E-state index >= 15 is 0 Å². The fourth-order valence-electron chi connectivity index (χ4n) is 0.331. The highest BCUT2D eigenvalue weighted by atomic mass is 19.1. The van der Waals surface area contributed by atoms with Gasteiger partial charge in [-0.25, -0.2) is 4.39 Å². The van der Waals surface area contributed by atoms with Gasteiger partial charge in [0.25, 0.3) is 0 Å². The first-order valence-corrected chi connectivity index (χ1v) is 2.49. The highest BCUT2D eigenvalue weighted by Gasteiger charge is 2.00. The molecule has 0 saturated carbocycles. The van der Waals surface area contributed by atoms with Crippen molar-refractivity contribution in [2.75, 3.05) is 6.61 Å². The molecule has 0 aliphatic rings. The molecule has 0 spiro atoms. The normalized spacial score (nSPS) is 12.6. The van der Waals surface area contributed by atoms with Crippen LogP contribution in [-0.2, 0) is 0 Å². The lowest BCUT2D eigenvalue weighted by Crippen LogP contribution is -2.04. The fourth-order valence-corrected chi connectivity index (χ4v) is 0.331. The summed E-state index contributed by atoms with van der Waals surface area (Å²) in [4.78, 5) is 0. The molecule has 1 N–H and O–H groups in total. The summed E-state index contributed by atoms with van der Waals surface area (Å²) in [6.07, 6.45) is 4.38. The molecule has 0 aliphatic carbocycles. The van der Waals surface area contributed by atoms with Crippen molar-refractivity contribution in [2.24, 2.45) is 0 Å². The maximum Gasteiger partial charge on any atom is 0.124 e. The molecular formula is C6H9FO. The Kier molecular flexibility index (Phi) is 4.29. The van der Waals surface area contributed by atoms with Gasteiger partial charge in [-0.2, -0.15) is 0 Å². The van der Waals surface area contributed by atoms with E-state index in [-0.39, 0.29) is 6.42 Å². The van der Waals surface area contributed by atoms with Gasteiger partial charge in [0.1, 0.15) is 6.17 Å². The van der Waals surface area contributed by atoms with Crippen molar-refractivity contribution in [3.63, 3.8) is 0 Å². The zero-order valence-corrected chi connectivity index (χ0v) is 4.60. The SMILES string of the molecule is C#CCC[C@@H](F)CO. The highest BCUT2D eigenvalue weighted by Crippen LogP contribution is 1.98. The largest absolute Gasteiger partial charge is 0.393 e. The summed E-state index contributed by atoms with van der Waals surface area (Å²) in [5, 5.41) is 8.12. The summed E-state index contributed by atoms with van der Waals surface area (Å²) in [5.41, 5.74) is 0. The summed E-state index contributed by atoms with van der Waals surface area (Å²) < 4.78 is 12.0. The lowest BCUT2D eigenvalue weighted by Gasteiger charge is -1.97. The van der Waals surface area contributed by atoms with E-state index < -0.39 is 12.8 Å². The number of hydrogen-bond donors (Lipinski definition) is 1. The Labute approximate surface area is 48.5 Å². The smallest absolute Gasteiger partial charge is 0.124 e. The summed E-state index contributed by atoms with van der Waals surface area (Å²) >= 11 is 0. The Balaban J connectivity index is 3.01. The van der Waals surface area contributed by atoms with Crippen molar-refractivity contribution in [2.45, 2.75) is 19.0 Å². The number of halogens is 1. The molecule has 0 amide bonds. The van der Waals surface area contributed by atoms with E-state index in [9.17, 15) is 4.39 Å². The Hall–Kier alpha value is -0.550. The van der Waals surface area contributed by atoms with Crippen molar-refractivity contribution in [3.8, 4) is 12.3 Å². The number of aliphatic hydroxyl groups is 1. The molecule has 0 unspecified atom stereocenters. The average Bonchev–Trinajstić information content (AvgIpc) is 1.83. The van der Waals surface area contributed by atoms with Crippen LogP contribution in [0.1, 0.15) is 12.8 Å². The molecule has 0 aromatic heterocycles. The standard InChI is InChI=1S/C6H9FO/c1-2-3-4-6(7)5-8/h1,6,8H,3-5H2/t6-/m1/s1. The molecule has 1 nitrogen and oxygen atoms in total. The van der Waals surface area contributed by atoms with E-state index in [0.717, 1.165) is 0 Å². The van der Waals surface area contributed by atoms with Crippen LogP contribution in [0, 0.1) is 12.3 Å². The molecule has 0 aliphatic heterocycles. The molecule has 1 atom stereocenters. The van der Waals surface area contributed by atoms with Crippen molar-refractivity contribution in [1.29, 1.82) is 0 Å². The summed E-state index contributed by atoms with van der Waals surface area (Å²) in [7, 11) is 0. The zero-order chi connectivity index (χ0) is 6.41. The van der Waals surface area contributed by atoms with Gasteiger partial charge < -0.3 is 5.11 Å². The lowest BCUT2D eigenvalue weighted by atomic mass is 10.2. The van der Waals surface area contributed by atoms with Crippen LogP contribution in [0.25, 0.3) is 0 Å². The minimum absolute atomic E-state index is 0.271. The zero-order valence-electron chi connectivity index (χ0n) is 4.60. The van der Waals surface area contributed by atoms with E-state index in [1.165, 1.54) is 0 Å². The third kappa shape index (κ3) is 3.63. The topological polar surface area (TPSA) is 20.2 Å². The second kappa shape index (κ2) is 4.61. The molecule has 0 aromatic carbocycles. The van der Waals surface area contributed by atoms with Gasteiger partial charge in [-0.1, -0.05) is 0 Å². The maximum absolute atomic E-state index is 12.0. The van der Waals surface area contributed by atoms with E-state index in [0.29, 0.717) is 6.42 Å². The fraction of sp³-hybridized carbons (Fsp3) is 0.667. The third-order valence-corrected chi connectivity index (χ3v) is 0.800. The number of alkyl halides is 1. The van der Waals surface area contributed by atoms with E-state index in [1.807, 2.05) is 0 Å². The monoisotopic (exact) mass is 116 g/mol. The van der Waals surface area contributed by atoms with Crippen LogP contribution >= 0.6 is 0 Å². The molecule has 0 saturated heterocycles. The molecule has 0 rings (SSSR count). The quantitative estimate of drug-likeness (QED) is 0.539. The van der Waals surface area contributed by atoms with Crippen molar-refractivity contribution < 1.29 is 9.50 Å². The first-order chi connectivity index (χ1) is 3.81. The lowest BCUT2D eigenvalue weighted by molar-refractivity contribution is 0.171. The highest BCUT2D eigenvalue weighted by molar-refractivity contribution is 4.84. The van der Waals surface area contributed by atoms with Gasteiger partial charge in [-0.05, 0) is 6.42 Å². The first-order valence-electron chi connectivity index (χ1n) is 2.49. The van der Waals surface area contributed by atoms with E-state index in [2.05, 4.69) is 5.92 Å². The van der Waals surface area contributed by atoms with Gasteiger partial charge in [0.05, 0.1) is 6.61 Å². The van der Waals surface area contributed by atoms with Crippen LogP contribution < -0.4 is 0 Å². The Morgan fingerprint density at radius 1 is 1.75 bits per heavy atom. The minimum Gasteiger partial charge on any atom is -0.393 e. The average molecular weight is 116 g/mol. The third-order valence-electron chi connectivity index (χ3n) is 0.800. The Morgan fingerprint density at radius 2 is 2.38 bits per heavy atom. The number of hydrogen-bond acceptors (Lipinski definition) is 1. The van der Waals surface area contributed by atoms with Crippen LogP contribution in [0.15, 0.2) is 0 Å². The molecule has 0 fully saturated rings. The maximum atomic E-state index is 12.0. The number of aliphatic hydroxyl groups excluding tert-OH is 1. The Morgan fingerprint density at radius 3 is 2.75 bits per heavy atom. The van der Waals surface area contributed by atoms with Crippen LogP contribution in [-0.4, -0.2) is 17.9 Å². The van der Waals surface area contributed by atoms with Gasteiger partial charge in [0.15, 0.2) is 0 Å². The van der Waals surface area contributed by atoms with Crippen LogP contribution in [0.3, 0.4) is 0 Å². The van der Waals surface area contributed by atoms with Crippen LogP contribution in [0.2, 0.25) is 0 Å². The minimum atomic E-state index is -1.13. The molecule has 0 bridgehead atoms. The van der Waals surface area contributed by atoms with Gasteiger partial charge in [-0.15, -0.1) is 12.3 Å². The molecule has 0 radical (unpaired) electrons. The molecule has 0 aromatic rings. The second-order valence-corrected chi connectivity index (χ2v) is 1.52. The predicted molar refractivity (Wildman–Crippen MR) is 30.0 cm³/mol. The molecule has 2 heteroatoms. The molecular weight excluding hydrogens is 107 g/mol. The summed E-state index contributed by atoms with van der Waals surface area (Å²) in [6, 6.07) is 0. The van der Waals surface area contributed by atoms with Crippen LogP contribution in [0.4, 0.5) is 4.39 Å². The van der Waals surface area contributed by atoms with Gasteiger partial charge in [0, 0.05) is 6.42 Å². The van der Waals surface area contributed by atoms with Crippen molar-refractivity contribution in [1.82, 2.24) is 0 Å².